The molecule has 1 aromatic heterocycles. The van der Waals surface area contributed by atoms with Crippen LogP contribution < -0.4 is 10.1 Å². The summed E-state index contributed by atoms with van der Waals surface area (Å²) < 4.78 is 5.24. The van der Waals surface area contributed by atoms with E-state index in [2.05, 4.69) is 10.3 Å². The quantitative estimate of drug-likeness (QED) is 0.860. The highest BCUT2D eigenvalue weighted by atomic mass is 35.5. The molecular weight excluding hydrogens is 366 g/mol. The van der Waals surface area contributed by atoms with Gasteiger partial charge in [-0.3, -0.25) is 14.6 Å². The second-order valence-corrected chi connectivity index (χ2v) is 6.87. The molecule has 0 saturated carbocycles. The molecule has 1 aliphatic heterocycles. The third kappa shape index (κ3) is 4.77. The molecule has 1 aromatic carbocycles. The second-order valence-electron chi connectivity index (χ2n) is 6.43. The van der Waals surface area contributed by atoms with Crippen molar-refractivity contribution in [3.63, 3.8) is 0 Å². The topological polar surface area (TPSA) is 71.5 Å². The van der Waals surface area contributed by atoms with E-state index in [4.69, 9.17) is 16.3 Å². The molecule has 0 bridgehead atoms. The lowest BCUT2D eigenvalue weighted by Gasteiger charge is -2.19. The predicted molar refractivity (Wildman–Crippen MR) is 105 cm³/mol. The van der Waals surface area contributed by atoms with Crippen LogP contribution in [-0.2, 0) is 0 Å². The van der Waals surface area contributed by atoms with Gasteiger partial charge in [0.15, 0.2) is 0 Å². The van der Waals surface area contributed by atoms with Gasteiger partial charge in [-0.2, -0.15) is 0 Å². The van der Waals surface area contributed by atoms with E-state index in [1.807, 2.05) is 4.90 Å². The first kappa shape index (κ1) is 19.2. The zero-order valence-corrected chi connectivity index (χ0v) is 16.0. The molecule has 2 amide bonds. The maximum atomic E-state index is 12.7. The van der Waals surface area contributed by atoms with E-state index in [0.717, 1.165) is 38.8 Å². The van der Waals surface area contributed by atoms with Crippen molar-refractivity contribution in [2.24, 2.45) is 0 Å². The fraction of sp³-hybridized carbons (Fsp3) is 0.350. The highest BCUT2D eigenvalue weighted by Crippen LogP contribution is 2.28. The molecule has 0 aliphatic carbocycles. The van der Waals surface area contributed by atoms with Crippen molar-refractivity contribution in [3.8, 4) is 5.75 Å². The molecule has 1 saturated heterocycles. The van der Waals surface area contributed by atoms with Crippen LogP contribution in [0.15, 0.2) is 36.5 Å². The molecule has 6 nitrogen and oxygen atoms in total. The zero-order valence-electron chi connectivity index (χ0n) is 15.2. The van der Waals surface area contributed by atoms with Crippen LogP contribution in [0.4, 0.5) is 5.69 Å². The Morgan fingerprint density at radius 3 is 2.56 bits per heavy atom. The van der Waals surface area contributed by atoms with E-state index in [9.17, 15) is 9.59 Å². The second kappa shape index (κ2) is 8.86. The Kier molecular flexibility index (Phi) is 6.29. The molecule has 0 spiro atoms. The predicted octanol–water partition coefficient (Wildman–Crippen LogP) is 4.01. The van der Waals surface area contributed by atoms with Crippen molar-refractivity contribution < 1.29 is 14.3 Å². The first-order chi connectivity index (χ1) is 13.1. The number of hydrogen-bond donors (Lipinski definition) is 1. The minimum atomic E-state index is -0.358. The van der Waals surface area contributed by atoms with E-state index < -0.39 is 0 Å². The van der Waals surface area contributed by atoms with Gasteiger partial charge in [0, 0.05) is 29.9 Å². The molecule has 3 rings (SSSR count). The maximum Gasteiger partial charge on any atom is 0.272 e. The van der Waals surface area contributed by atoms with Crippen molar-refractivity contribution in [2.45, 2.75) is 25.7 Å². The fourth-order valence-corrected chi connectivity index (χ4v) is 3.27. The number of ether oxygens (including phenoxy) is 1. The Morgan fingerprint density at radius 1 is 1.11 bits per heavy atom. The molecule has 2 aromatic rings. The van der Waals surface area contributed by atoms with Gasteiger partial charge in [-0.25, -0.2) is 0 Å². The lowest BCUT2D eigenvalue weighted by molar-refractivity contribution is 0.0755. The molecule has 27 heavy (non-hydrogen) atoms. The SMILES string of the molecule is COc1ccc(Cl)cc1NC(=O)c1ccnc(C(=O)N2CCCCCC2)c1. The maximum absolute atomic E-state index is 12.7. The number of rotatable bonds is 4. The highest BCUT2D eigenvalue weighted by Gasteiger charge is 2.20. The Balaban J connectivity index is 1.77. The Labute approximate surface area is 163 Å². The Hall–Kier alpha value is -2.60. The monoisotopic (exact) mass is 387 g/mol. The molecule has 1 N–H and O–H groups in total. The third-order valence-electron chi connectivity index (χ3n) is 4.54. The summed E-state index contributed by atoms with van der Waals surface area (Å²) in [5.74, 6) is 0.0115. The van der Waals surface area contributed by atoms with E-state index in [1.165, 1.54) is 19.4 Å². The summed E-state index contributed by atoms with van der Waals surface area (Å²) in [7, 11) is 1.52. The van der Waals surface area contributed by atoms with Crippen molar-refractivity contribution in [1.29, 1.82) is 0 Å². The van der Waals surface area contributed by atoms with E-state index in [-0.39, 0.29) is 17.5 Å². The van der Waals surface area contributed by atoms with Gasteiger partial charge in [0.2, 0.25) is 0 Å². The standard InChI is InChI=1S/C20H22ClN3O3/c1-27-18-7-6-15(21)13-16(18)23-19(25)14-8-9-22-17(12-14)20(26)24-10-4-2-3-5-11-24/h6-9,12-13H,2-5,10-11H2,1H3,(H,23,25). The van der Waals surface area contributed by atoms with E-state index >= 15 is 0 Å². The van der Waals surface area contributed by atoms with Gasteiger partial charge >= 0.3 is 0 Å². The van der Waals surface area contributed by atoms with Crippen LogP contribution >= 0.6 is 11.6 Å². The Morgan fingerprint density at radius 2 is 1.85 bits per heavy atom. The van der Waals surface area contributed by atoms with Crippen LogP contribution in [-0.4, -0.2) is 41.9 Å². The third-order valence-corrected chi connectivity index (χ3v) is 4.78. The molecule has 7 heteroatoms. The molecule has 0 radical (unpaired) electrons. The number of nitrogens with zero attached hydrogens (tertiary/aromatic N) is 2. The number of amides is 2. The molecule has 0 unspecified atom stereocenters. The van der Waals surface area contributed by atoms with Gasteiger partial charge in [0.1, 0.15) is 11.4 Å². The highest BCUT2D eigenvalue weighted by molar-refractivity contribution is 6.31. The number of hydrogen-bond acceptors (Lipinski definition) is 4. The number of halogens is 1. The van der Waals surface area contributed by atoms with Crippen LogP contribution in [0.3, 0.4) is 0 Å². The summed E-state index contributed by atoms with van der Waals surface area (Å²) in [6.45, 7) is 1.47. The molecule has 142 valence electrons. The van der Waals surface area contributed by atoms with Crippen molar-refractivity contribution in [2.75, 3.05) is 25.5 Å². The summed E-state index contributed by atoms with van der Waals surface area (Å²) in [5.41, 5.74) is 1.10. The summed E-state index contributed by atoms with van der Waals surface area (Å²) in [4.78, 5) is 31.3. The molecule has 0 atom stereocenters. The van der Waals surface area contributed by atoms with E-state index in [1.54, 1.807) is 24.3 Å². The number of aromatic nitrogens is 1. The van der Waals surface area contributed by atoms with Gasteiger partial charge in [-0.1, -0.05) is 24.4 Å². The first-order valence-corrected chi connectivity index (χ1v) is 9.36. The zero-order chi connectivity index (χ0) is 19.2. The number of likely N-dealkylation sites (tertiary alicyclic amines) is 1. The number of anilines is 1. The smallest absolute Gasteiger partial charge is 0.272 e. The van der Waals surface area contributed by atoms with Crippen LogP contribution in [0, 0.1) is 0 Å². The van der Waals surface area contributed by atoms with Crippen LogP contribution in [0.1, 0.15) is 46.5 Å². The first-order valence-electron chi connectivity index (χ1n) is 8.98. The Bertz CT molecular complexity index is 833. The molecule has 2 heterocycles. The average Bonchev–Trinajstić information content (AvgIpc) is 2.97. The number of methoxy groups -OCH3 is 1. The molecule has 1 aliphatic rings. The van der Waals surface area contributed by atoms with E-state index in [0.29, 0.717) is 22.0 Å². The van der Waals surface area contributed by atoms with Crippen molar-refractivity contribution in [1.82, 2.24) is 9.88 Å². The van der Waals surface area contributed by atoms with Gasteiger partial charge in [0.25, 0.3) is 11.8 Å². The average molecular weight is 388 g/mol. The minimum absolute atomic E-state index is 0.133. The lowest BCUT2D eigenvalue weighted by Crippen LogP contribution is -2.32. The van der Waals surface area contributed by atoms with Crippen LogP contribution in [0.5, 0.6) is 5.75 Å². The van der Waals surface area contributed by atoms with Crippen molar-refractivity contribution >= 4 is 29.1 Å². The van der Waals surface area contributed by atoms with Crippen LogP contribution in [0.2, 0.25) is 5.02 Å². The summed E-state index contributed by atoms with van der Waals surface area (Å²) in [5, 5.41) is 3.26. The minimum Gasteiger partial charge on any atom is -0.495 e. The normalized spacial score (nSPS) is 14.4. The summed E-state index contributed by atoms with van der Waals surface area (Å²) >= 11 is 6.00. The number of carbonyl (C=O) groups is 2. The van der Waals surface area contributed by atoms with Gasteiger partial charge < -0.3 is 15.0 Å². The largest absolute Gasteiger partial charge is 0.495 e. The molecular formula is C20H22ClN3O3. The van der Waals surface area contributed by atoms with Gasteiger partial charge in [-0.15, -0.1) is 0 Å². The fourth-order valence-electron chi connectivity index (χ4n) is 3.10. The number of benzene rings is 1. The number of pyridine rings is 1. The summed E-state index contributed by atoms with van der Waals surface area (Å²) in [6.07, 6.45) is 5.76. The lowest BCUT2D eigenvalue weighted by atomic mass is 10.2. The van der Waals surface area contributed by atoms with Crippen molar-refractivity contribution in [3.05, 3.63) is 52.8 Å². The molecule has 1 fully saturated rings. The summed E-state index contributed by atoms with van der Waals surface area (Å²) in [6, 6.07) is 8.08. The number of nitrogens with one attached hydrogen (secondary N) is 1. The van der Waals surface area contributed by atoms with Gasteiger partial charge in [0.05, 0.1) is 12.8 Å². The van der Waals surface area contributed by atoms with Crippen LogP contribution in [0.25, 0.3) is 0 Å². The van der Waals surface area contributed by atoms with Gasteiger partial charge in [-0.05, 0) is 43.2 Å². The number of carbonyl (C=O) groups excluding carboxylic acids is 2.